The number of hydrogen-bond donors (Lipinski definition) is 1. The van der Waals surface area contributed by atoms with E-state index in [-0.39, 0.29) is 29.1 Å². The average Bonchev–Trinajstić information content (AvgIpc) is 3.58. The molecule has 0 spiro atoms. The predicted octanol–water partition coefficient (Wildman–Crippen LogP) is 5.48. The number of Topliss-reactive ketones (excluding diaryl/α,β-unsaturated/α-hetero) is 1. The molecule has 29 heavy (non-hydrogen) atoms. The zero-order chi connectivity index (χ0) is 20.4. The molecule has 1 N–H and O–H groups in total. The minimum atomic E-state index is -0.839. The van der Waals surface area contributed by atoms with Gasteiger partial charge in [-0.15, -0.1) is 0 Å². The molecule has 4 heteroatoms. The Morgan fingerprint density at radius 1 is 1.03 bits per heavy atom. The zero-order valence-electron chi connectivity index (χ0n) is 17.3. The lowest BCUT2D eigenvalue weighted by Crippen LogP contribution is -2.42. The standard InChI is InChI=1S/C25H32O4/c1-2-17(15-16-9-5-3-6-10-16)24-23(27)22(26)21(25(28)29-24)20(19-13-14-19)18-11-7-4-8-12-18/h4,7-8,11-12,16-17,19-20,24,26H,2-3,5-6,9-10,13-15H2,1H3. The number of esters is 1. The van der Waals surface area contributed by atoms with Gasteiger partial charge in [-0.3, -0.25) is 4.79 Å². The fourth-order valence-corrected chi connectivity index (χ4v) is 5.30. The van der Waals surface area contributed by atoms with Gasteiger partial charge in [-0.2, -0.15) is 0 Å². The highest BCUT2D eigenvalue weighted by Gasteiger charge is 2.47. The number of carbonyl (C=O) groups is 2. The van der Waals surface area contributed by atoms with Gasteiger partial charge in [0.05, 0.1) is 5.57 Å². The Balaban J connectivity index is 1.58. The number of cyclic esters (lactones) is 1. The van der Waals surface area contributed by atoms with Crippen LogP contribution in [0, 0.1) is 17.8 Å². The number of hydrogen-bond acceptors (Lipinski definition) is 4. The van der Waals surface area contributed by atoms with Crippen molar-refractivity contribution < 1.29 is 19.4 Å². The second-order valence-corrected chi connectivity index (χ2v) is 9.09. The topological polar surface area (TPSA) is 63.6 Å². The Morgan fingerprint density at radius 2 is 1.72 bits per heavy atom. The first-order chi connectivity index (χ1) is 14.1. The van der Waals surface area contributed by atoms with Crippen LogP contribution < -0.4 is 0 Å². The second kappa shape index (κ2) is 8.73. The summed E-state index contributed by atoms with van der Waals surface area (Å²) >= 11 is 0. The maximum Gasteiger partial charge on any atom is 0.339 e. The summed E-state index contributed by atoms with van der Waals surface area (Å²) in [6.45, 7) is 2.04. The smallest absolute Gasteiger partial charge is 0.339 e. The van der Waals surface area contributed by atoms with Crippen molar-refractivity contribution in [1.29, 1.82) is 0 Å². The van der Waals surface area contributed by atoms with Crippen molar-refractivity contribution in [3.63, 3.8) is 0 Å². The van der Waals surface area contributed by atoms with E-state index in [9.17, 15) is 14.7 Å². The Bertz CT molecular complexity index is 771. The third-order valence-corrected chi connectivity index (χ3v) is 7.08. The summed E-state index contributed by atoms with van der Waals surface area (Å²) in [4.78, 5) is 26.1. The van der Waals surface area contributed by atoms with Crippen LogP contribution in [-0.2, 0) is 14.3 Å². The van der Waals surface area contributed by atoms with Gasteiger partial charge in [0.1, 0.15) is 0 Å². The molecule has 1 heterocycles. The number of carbonyl (C=O) groups excluding carboxylic acids is 2. The van der Waals surface area contributed by atoms with E-state index < -0.39 is 17.9 Å². The molecule has 4 rings (SSSR count). The molecule has 0 aromatic heterocycles. The van der Waals surface area contributed by atoms with Gasteiger partial charge in [-0.1, -0.05) is 69.4 Å². The zero-order valence-corrected chi connectivity index (χ0v) is 17.3. The molecule has 3 unspecified atom stereocenters. The number of benzene rings is 1. The summed E-state index contributed by atoms with van der Waals surface area (Å²) in [5, 5.41) is 10.9. The van der Waals surface area contributed by atoms with Gasteiger partial charge >= 0.3 is 5.97 Å². The molecule has 2 fully saturated rings. The van der Waals surface area contributed by atoms with Crippen LogP contribution in [0.3, 0.4) is 0 Å². The molecule has 2 saturated carbocycles. The van der Waals surface area contributed by atoms with Crippen LogP contribution in [0.1, 0.15) is 76.2 Å². The summed E-state index contributed by atoms with van der Waals surface area (Å²) in [6, 6.07) is 9.71. The van der Waals surface area contributed by atoms with E-state index in [4.69, 9.17) is 4.74 Å². The highest BCUT2D eigenvalue weighted by Crippen LogP contribution is 2.48. The Labute approximate surface area is 173 Å². The number of aliphatic hydroxyl groups is 1. The van der Waals surface area contributed by atoms with Crippen molar-refractivity contribution in [1.82, 2.24) is 0 Å². The van der Waals surface area contributed by atoms with Crippen LogP contribution in [0.15, 0.2) is 41.7 Å². The molecule has 3 atom stereocenters. The van der Waals surface area contributed by atoms with E-state index in [2.05, 4.69) is 0 Å². The molecule has 2 aliphatic carbocycles. The monoisotopic (exact) mass is 396 g/mol. The van der Waals surface area contributed by atoms with E-state index in [1.165, 1.54) is 32.1 Å². The Hall–Kier alpha value is -2.10. The van der Waals surface area contributed by atoms with Crippen molar-refractivity contribution in [2.24, 2.45) is 17.8 Å². The van der Waals surface area contributed by atoms with E-state index in [0.29, 0.717) is 5.92 Å². The van der Waals surface area contributed by atoms with Crippen LogP contribution in [0.4, 0.5) is 0 Å². The lowest BCUT2D eigenvalue weighted by molar-refractivity contribution is -0.158. The first-order valence-electron chi connectivity index (χ1n) is 11.3. The summed E-state index contributed by atoms with van der Waals surface area (Å²) in [5.74, 6) is -0.652. The summed E-state index contributed by atoms with van der Waals surface area (Å²) in [7, 11) is 0. The first-order valence-corrected chi connectivity index (χ1v) is 11.3. The fraction of sp³-hybridized carbons (Fsp3) is 0.600. The number of rotatable bonds is 7. The molecule has 0 bridgehead atoms. The van der Waals surface area contributed by atoms with Gasteiger partial charge in [0.2, 0.25) is 5.78 Å². The van der Waals surface area contributed by atoms with Crippen molar-refractivity contribution >= 4 is 11.8 Å². The van der Waals surface area contributed by atoms with E-state index in [0.717, 1.165) is 31.2 Å². The van der Waals surface area contributed by atoms with Crippen molar-refractivity contribution in [2.45, 2.75) is 76.7 Å². The third kappa shape index (κ3) is 4.26. The third-order valence-electron chi connectivity index (χ3n) is 7.08. The molecule has 0 amide bonds. The van der Waals surface area contributed by atoms with Crippen LogP contribution in [-0.4, -0.2) is 23.0 Å². The minimum absolute atomic E-state index is 0.0191. The van der Waals surface area contributed by atoms with Crippen molar-refractivity contribution in [3.05, 3.63) is 47.2 Å². The molecule has 3 aliphatic rings. The molecule has 1 aromatic rings. The van der Waals surface area contributed by atoms with Crippen LogP contribution in [0.5, 0.6) is 0 Å². The van der Waals surface area contributed by atoms with Gasteiger partial charge in [-0.05, 0) is 43.1 Å². The molecule has 0 saturated heterocycles. The van der Waals surface area contributed by atoms with Gasteiger partial charge < -0.3 is 9.84 Å². The average molecular weight is 397 g/mol. The number of ketones is 1. The van der Waals surface area contributed by atoms with E-state index in [1.807, 2.05) is 37.3 Å². The molecule has 4 nitrogen and oxygen atoms in total. The largest absolute Gasteiger partial charge is 0.504 e. The van der Waals surface area contributed by atoms with Crippen LogP contribution in [0.25, 0.3) is 0 Å². The SMILES string of the molecule is CCC(CC1CCCCC1)C1OC(=O)C(C(c2ccccc2)C2CC2)=C(O)C1=O. The lowest BCUT2D eigenvalue weighted by atomic mass is 9.77. The van der Waals surface area contributed by atoms with E-state index in [1.54, 1.807) is 0 Å². The van der Waals surface area contributed by atoms with Gasteiger partial charge in [0, 0.05) is 11.8 Å². The lowest BCUT2D eigenvalue weighted by Gasteiger charge is -2.34. The number of aliphatic hydroxyl groups excluding tert-OH is 1. The first kappa shape index (κ1) is 20.2. The molecule has 156 valence electrons. The molecular formula is C25H32O4. The quantitative estimate of drug-likeness (QED) is 0.620. The fourth-order valence-electron chi connectivity index (χ4n) is 5.30. The normalized spacial score (nSPS) is 25.6. The van der Waals surface area contributed by atoms with Crippen molar-refractivity contribution in [3.8, 4) is 0 Å². The van der Waals surface area contributed by atoms with Gasteiger partial charge in [-0.25, -0.2) is 4.79 Å². The van der Waals surface area contributed by atoms with Gasteiger partial charge in [0.25, 0.3) is 0 Å². The molecule has 0 radical (unpaired) electrons. The number of ether oxygens (including phenoxy) is 1. The van der Waals surface area contributed by atoms with Crippen molar-refractivity contribution in [2.75, 3.05) is 0 Å². The summed E-state index contributed by atoms with van der Waals surface area (Å²) in [5.41, 5.74) is 1.14. The highest BCUT2D eigenvalue weighted by molar-refractivity contribution is 6.09. The van der Waals surface area contributed by atoms with Crippen LogP contribution in [0.2, 0.25) is 0 Å². The predicted molar refractivity (Wildman–Crippen MR) is 111 cm³/mol. The molecular weight excluding hydrogens is 364 g/mol. The maximum absolute atomic E-state index is 13.1. The molecule has 1 aromatic carbocycles. The Kier molecular flexibility index (Phi) is 6.07. The summed E-state index contributed by atoms with van der Waals surface area (Å²) < 4.78 is 5.75. The minimum Gasteiger partial charge on any atom is -0.504 e. The maximum atomic E-state index is 13.1. The van der Waals surface area contributed by atoms with Gasteiger partial charge in [0.15, 0.2) is 11.9 Å². The second-order valence-electron chi connectivity index (χ2n) is 9.09. The van der Waals surface area contributed by atoms with Crippen LogP contribution >= 0.6 is 0 Å². The molecule has 1 aliphatic heterocycles. The highest BCUT2D eigenvalue weighted by atomic mass is 16.6. The van der Waals surface area contributed by atoms with E-state index >= 15 is 0 Å². The summed E-state index contributed by atoms with van der Waals surface area (Å²) in [6.07, 6.45) is 8.99. The Morgan fingerprint density at radius 3 is 2.34 bits per heavy atom.